The first-order chi connectivity index (χ1) is 12.9. The molecule has 0 atom stereocenters. The van der Waals surface area contributed by atoms with E-state index in [2.05, 4.69) is 24.3 Å². The topological polar surface area (TPSA) is 38.8 Å². The number of fused-ring (bicyclic) bond motifs is 1. The highest BCUT2D eigenvalue weighted by Crippen LogP contribution is 2.25. The monoisotopic (exact) mass is 363 g/mol. The van der Waals surface area contributed by atoms with E-state index in [1.807, 2.05) is 63.2 Å². The predicted molar refractivity (Wildman–Crippen MR) is 109 cm³/mol. The van der Waals surface area contributed by atoms with Gasteiger partial charge in [0, 0.05) is 5.69 Å². The van der Waals surface area contributed by atoms with Gasteiger partial charge in [-0.3, -0.25) is 4.90 Å². The number of ether oxygens (including phenoxy) is 2. The Balaban J connectivity index is 1.93. The minimum Gasteiger partial charge on any atom is -0.497 e. The van der Waals surface area contributed by atoms with Gasteiger partial charge in [0.05, 0.1) is 13.7 Å². The van der Waals surface area contributed by atoms with Crippen LogP contribution in [0.2, 0.25) is 0 Å². The largest absolute Gasteiger partial charge is 0.497 e. The Morgan fingerprint density at radius 1 is 0.926 bits per heavy atom. The van der Waals surface area contributed by atoms with Crippen molar-refractivity contribution in [1.29, 1.82) is 0 Å². The number of amides is 1. The van der Waals surface area contributed by atoms with E-state index in [9.17, 15) is 4.79 Å². The van der Waals surface area contributed by atoms with Crippen LogP contribution in [-0.2, 0) is 11.3 Å². The number of carbonyl (C=O) groups excluding carboxylic acids is 1. The van der Waals surface area contributed by atoms with Gasteiger partial charge in [0.25, 0.3) is 0 Å². The fourth-order valence-corrected chi connectivity index (χ4v) is 2.86. The van der Waals surface area contributed by atoms with Crippen LogP contribution >= 0.6 is 0 Å². The Morgan fingerprint density at radius 2 is 1.59 bits per heavy atom. The molecule has 0 saturated heterocycles. The maximum atomic E-state index is 12.9. The first-order valence-corrected chi connectivity index (χ1v) is 8.98. The third-order valence-electron chi connectivity index (χ3n) is 4.15. The molecule has 4 nitrogen and oxygen atoms in total. The lowest BCUT2D eigenvalue weighted by atomic mass is 10.1. The van der Waals surface area contributed by atoms with Gasteiger partial charge >= 0.3 is 6.09 Å². The lowest BCUT2D eigenvalue weighted by molar-refractivity contribution is 0.0577. The van der Waals surface area contributed by atoms with E-state index < -0.39 is 5.60 Å². The zero-order valence-electron chi connectivity index (χ0n) is 16.2. The summed E-state index contributed by atoms with van der Waals surface area (Å²) >= 11 is 0. The Labute approximate surface area is 160 Å². The summed E-state index contributed by atoms with van der Waals surface area (Å²) in [6.45, 7) is 6.03. The molecule has 0 unspecified atom stereocenters. The SMILES string of the molecule is COc1ccc(N(Cc2ccc3ccccc3c2)C(=O)OC(C)(C)C)cc1. The molecule has 0 saturated carbocycles. The summed E-state index contributed by atoms with van der Waals surface area (Å²) in [5.41, 5.74) is 1.24. The molecule has 0 bridgehead atoms. The van der Waals surface area contributed by atoms with Crippen LogP contribution in [0.25, 0.3) is 10.8 Å². The van der Waals surface area contributed by atoms with Gasteiger partial charge < -0.3 is 9.47 Å². The molecular formula is C23H25NO3. The van der Waals surface area contributed by atoms with Gasteiger partial charge in [-0.05, 0) is 67.4 Å². The van der Waals surface area contributed by atoms with Gasteiger partial charge in [-0.2, -0.15) is 0 Å². The molecule has 3 aromatic carbocycles. The number of methoxy groups -OCH3 is 1. The summed E-state index contributed by atoms with van der Waals surface area (Å²) in [6, 6.07) is 21.8. The summed E-state index contributed by atoms with van der Waals surface area (Å²) in [5.74, 6) is 0.744. The molecule has 0 aliphatic carbocycles. The van der Waals surface area contributed by atoms with Gasteiger partial charge in [0.15, 0.2) is 0 Å². The van der Waals surface area contributed by atoms with Crippen LogP contribution < -0.4 is 9.64 Å². The Hall–Kier alpha value is -3.01. The van der Waals surface area contributed by atoms with Crippen LogP contribution in [-0.4, -0.2) is 18.8 Å². The van der Waals surface area contributed by atoms with E-state index in [0.29, 0.717) is 6.54 Å². The summed E-state index contributed by atoms with van der Waals surface area (Å²) in [5, 5.41) is 2.32. The van der Waals surface area contributed by atoms with Crippen LogP contribution in [0.15, 0.2) is 66.7 Å². The average molecular weight is 363 g/mol. The Bertz CT molecular complexity index is 926. The highest BCUT2D eigenvalue weighted by molar-refractivity contribution is 5.88. The van der Waals surface area contributed by atoms with Crippen molar-refractivity contribution < 1.29 is 14.3 Å². The van der Waals surface area contributed by atoms with Crippen molar-refractivity contribution in [3.63, 3.8) is 0 Å². The molecule has 0 radical (unpaired) electrons. The second kappa shape index (κ2) is 7.70. The highest BCUT2D eigenvalue weighted by atomic mass is 16.6. The van der Waals surface area contributed by atoms with Gasteiger partial charge in [-0.1, -0.05) is 36.4 Å². The van der Waals surface area contributed by atoms with E-state index >= 15 is 0 Å². The molecule has 0 fully saturated rings. The molecule has 0 aliphatic rings. The lowest BCUT2D eigenvalue weighted by Crippen LogP contribution is -2.36. The van der Waals surface area contributed by atoms with E-state index in [-0.39, 0.29) is 6.09 Å². The molecule has 0 aliphatic heterocycles. The van der Waals surface area contributed by atoms with Crippen LogP contribution in [0, 0.1) is 0 Å². The van der Waals surface area contributed by atoms with Crippen molar-refractivity contribution in [2.75, 3.05) is 12.0 Å². The van der Waals surface area contributed by atoms with Crippen molar-refractivity contribution in [3.8, 4) is 5.75 Å². The summed E-state index contributed by atoms with van der Waals surface area (Å²) in [6.07, 6.45) is -0.374. The number of nitrogens with zero attached hydrogens (tertiary/aromatic N) is 1. The van der Waals surface area contributed by atoms with E-state index in [4.69, 9.17) is 9.47 Å². The van der Waals surface area contributed by atoms with Crippen molar-refractivity contribution in [3.05, 3.63) is 72.3 Å². The van der Waals surface area contributed by atoms with E-state index in [1.54, 1.807) is 12.0 Å². The third kappa shape index (κ3) is 4.79. The predicted octanol–water partition coefficient (Wildman–Crippen LogP) is 5.79. The van der Waals surface area contributed by atoms with E-state index in [0.717, 1.165) is 22.4 Å². The average Bonchev–Trinajstić information content (AvgIpc) is 2.64. The van der Waals surface area contributed by atoms with Crippen LogP contribution in [0.4, 0.5) is 10.5 Å². The summed E-state index contributed by atoms with van der Waals surface area (Å²) in [4.78, 5) is 14.5. The minimum atomic E-state index is -0.564. The zero-order chi connectivity index (χ0) is 19.4. The standard InChI is InChI=1S/C23H25NO3/c1-23(2,3)27-22(25)24(20-11-13-21(26-4)14-12-20)16-17-9-10-18-7-5-6-8-19(18)15-17/h5-15H,16H2,1-4H3. The molecular weight excluding hydrogens is 338 g/mol. The fourth-order valence-electron chi connectivity index (χ4n) is 2.86. The fraction of sp³-hybridized carbons (Fsp3) is 0.261. The van der Waals surface area contributed by atoms with Gasteiger partial charge in [-0.25, -0.2) is 4.79 Å². The molecule has 0 N–H and O–H groups in total. The first-order valence-electron chi connectivity index (χ1n) is 8.98. The molecule has 0 heterocycles. The Morgan fingerprint density at radius 3 is 2.22 bits per heavy atom. The second-order valence-electron chi connectivity index (χ2n) is 7.45. The van der Waals surface area contributed by atoms with Crippen LogP contribution in [0.1, 0.15) is 26.3 Å². The van der Waals surface area contributed by atoms with Crippen LogP contribution in [0.5, 0.6) is 5.75 Å². The number of hydrogen-bond acceptors (Lipinski definition) is 3. The van der Waals surface area contributed by atoms with Crippen molar-refractivity contribution in [2.24, 2.45) is 0 Å². The number of benzene rings is 3. The lowest BCUT2D eigenvalue weighted by Gasteiger charge is -2.27. The number of anilines is 1. The zero-order valence-corrected chi connectivity index (χ0v) is 16.2. The van der Waals surface area contributed by atoms with Crippen molar-refractivity contribution in [2.45, 2.75) is 32.9 Å². The molecule has 0 spiro atoms. The Kier molecular flexibility index (Phi) is 5.36. The third-order valence-corrected chi connectivity index (χ3v) is 4.15. The van der Waals surface area contributed by atoms with E-state index in [1.165, 1.54) is 5.39 Å². The number of rotatable bonds is 4. The molecule has 3 aromatic rings. The van der Waals surface area contributed by atoms with Crippen LogP contribution in [0.3, 0.4) is 0 Å². The molecule has 3 rings (SSSR count). The number of carbonyl (C=O) groups is 1. The smallest absolute Gasteiger partial charge is 0.415 e. The molecule has 1 amide bonds. The molecule has 4 heteroatoms. The maximum absolute atomic E-state index is 12.9. The summed E-state index contributed by atoms with van der Waals surface area (Å²) in [7, 11) is 1.62. The maximum Gasteiger partial charge on any atom is 0.415 e. The normalized spacial score (nSPS) is 11.3. The quantitative estimate of drug-likeness (QED) is 0.589. The van der Waals surface area contributed by atoms with Crippen molar-refractivity contribution in [1.82, 2.24) is 0 Å². The summed E-state index contributed by atoms with van der Waals surface area (Å²) < 4.78 is 10.8. The van der Waals surface area contributed by atoms with Gasteiger partial charge in [0.2, 0.25) is 0 Å². The minimum absolute atomic E-state index is 0.374. The van der Waals surface area contributed by atoms with Gasteiger partial charge in [0.1, 0.15) is 11.4 Å². The van der Waals surface area contributed by atoms with Gasteiger partial charge in [-0.15, -0.1) is 0 Å². The van der Waals surface area contributed by atoms with Crippen molar-refractivity contribution >= 4 is 22.6 Å². The molecule has 27 heavy (non-hydrogen) atoms. The highest BCUT2D eigenvalue weighted by Gasteiger charge is 2.23. The second-order valence-corrected chi connectivity index (χ2v) is 7.45. The number of hydrogen-bond donors (Lipinski definition) is 0. The molecule has 0 aromatic heterocycles. The first kappa shape index (κ1) is 18.8. The molecule has 140 valence electrons.